The average molecular weight is 230 g/mol. The molecular formula is C11H14N6. The van der Waals surface area contributed by atoms with Crippen molar-refractivity contribution in [2.45, 2.75) is 19.4 Å². The number of hydrogen-bond acceptors (Lipinski definition) is 5. The lowest BCUT2D eigenvalue weighted by Crippen LogP contribution is -2.20. The van der Waals surface area contributed by atoms with Crippen molar-refractivity contribution in [3.63, 3.8) is 0 Å². The Kier molecular flexibility index (Phi) is 2.79. The fourth-order valence-corrected chi connectivity index (χ4v) is 1.66. The minimum Gasteiger partial charge on any atom is -0.310 e. The minimum absolute atomic E-state index is 0.563. The van der Waals surface area contributed by atoms with Gasteiger partial charge in [-0.15, -0.1) is 0 Å². The molecule has 0 radical (unpaired) electrons. The third-order valence-electron chi connectivity index (χ3n) is 2.77. The van der Waals surface area contributed by atoms with E-state index < -0.39 is 0 Å². The highest BCUT2D eigenvalue weighted by molar-refractivity contribution is 5.09. The van der Waals surface area contributed by atoms with E-state index in [4.69, 9.17) is 0 Å². The molecule has 17 heavy (non-hydrogen) atoms. The van der Waals surface area contributed by atoms with Gasteiger partial charge in [-0.1, -0.05) is 0 Å². The monoisotopic (exact) mass is 230 g/mol. The summed E-state index contributed by atoms with van der Waals surface area (Å²) >= 11 is 0. The maximum absolute atomic E-state index is 4.22. The summed E-state index contributed by atoms with van der Waals surface area (Å²) in [4.78, 5) is 12.5. The van der Waals surface area contributed by atoms with Gasteiger partial charge in [-0.2, -0.15) is 9.78 Å². The van der Waals surface area contributed by atoms with Gasteiger partial charge in [-0.25, -0.2) is 15.0 Å². The first kappa shape index (κ1) is 10.3. The first-order chi connectivity index (χ1) is 8.43. The molecule has 6 nitrogen and oxygen atoms in total. The quantitative estimate of drug-likeness (QED) is 0.812. The second kappa shape index (κ2) is 4.58. The highest BCUT2D eigenvalue weighted by atomic mass is 15.4. The van der Waals surface area contributed by atoms with Gasteiger partial charge in [0.1, 0.15) is 12.2 Å². The molecule has 0 spiro atoms. The molecule has 0 aliphatic heterocycles. The van der Waals surface area contributed by atoms with Crippen molar-refractivity contribution in [3.05, 3.63) is 30.6 Å². The third-order valence-corrected chi connectivity index (χ3v) is 2.77. The van der Waals surface area contributed by atoms with Crippen LogP contribution in [0.5, 0.6) is 0 Å². The average Bonchev–Trinajstić information content (AvgIpc) is 3.07. The third kappa shape index (κ3) is 2.47. The molecule has 1 fully saturated rings. The van der Waals surface area contributed by atoms with E-state index in [0.717, 1.165) is 18.3 Å². The van der Waals surface area contributed by atoms with Crippen LogP contribution in [0.3, 0.4) is 0 Å². The summed E-state index contributed by atoms with van der Waals surface area (Å²) in [6.07, 6.45) is 7.63. The standard InChI is InChI=1S/C11H14N6/c1-4-13-11(14-5-1)17-10(15-8-16-17)7-12-6-9-2-3-9/h1,4-5,8-9,12H,2-3,6-7H2. The van der Waals surface area contributed by atoms with Crippen LogP contribution in [0.1, 0.15) is 18.7 Å². The Balaban J connectivity index is 1.70. The lowest BCUT2D eigenvalue weighted by molar-refractivity contribution is 0.601. The molecule has 1 saturated carbocycles. The van der Waals surface area contributed by atoms with Gasteiger partial charge in [-0.3, -0.25) is 0 Å². The van der Waals surface area contributed by atoms with Crippen molar-refractivity contribution in [1.29, 1.82) is 0 Å². The summed E-state index contributed by atoms with van der Waals surface area (Å²) < 4.78 is 1.67. The fourth-order valence-electron chi connectivity index (χ4n) is 1.66. The highest BCUT2D eigenvalue weighted by Crippen LogP contribution is 2.27. The zero-order chi connectivity index (χ0) is 11.5. The molecule has 88 valence electrons. The SMILES string of the molecule is c1cnc(-n2ncnc2CNCC2CC2)nc1. The van der Waals surface area contributed by atoms with Gasteiger partial charge >= 0.3 is 0 Å². The van der Waals surface area contributed by atoms with Crippen LogP contribution in [0.25, 0.3) is 5.95 Å². The molecule has 6 heteroatoms. The fraction of sp³-hybridized carbons (Fsp3) is 0.455. The van der Waals surface area contributed by atoms with Crippen molar-refractivity contribution in [1.82, 2.24) is 30.0 Å². The van der Waals surface area contributed by atoms with Crippen molar-refractivity contribution >= 4 is 0 Å². The van der Waals surface area contributed by atoms with Crippen LogP contribution in [0.4, 0.5) is 0 Å². The second-order valence-corrected chi connectivity index (χ2v) is 4.21. The summed E-state index contributed by atoms with van der Waals surface area (Å²) in [6, 6.07) is 1.78. The number of rotatable bonds is 5. The molecular weight excluding hydrogens is 216 g/mol. The summed E-state index contributed by atoms with van der Waals surface area (Å²) in [5.41, 5.74) is 0. The normalized spacial score (nSPS) is 15.1. The van der Waals surface area contributed by atoms with E-state index in [1.165, 1.54) is 19.2 Å². The molecule has 1 aliphatic rings. The van der Waals surface area contributed by atoms with Gasteiger partial charge < -0.3 is 5.32 Å². The highest BCUT2D eigenvalue weighted by Gasteiger charge is 2.20. The van der Waals surface area contributed by atoms with Crippen LogP contribution in [-0.4, -0.2) is 31.3 Å². The summed E-state index contributed by atoms with van der Waals surface area (Å²) in [6.45, 7) is 1.76. The summed E-state index contributed by atoms with van der Waals surface area (Å²) in [5.74, 6) is 2.27. The Morgan fingerprint density at radius 3 is 2.82 bits per heavy atom. The van der Waals surface area contributed by atoms with Gasteiger partial charge in [0.05, 0.1) is 6.54 Å². The van der Waals surface area contributed by atoms with Gasteiger partial charge in [0.2, 0.25) is 0 Å². The zero-order valence-electron chi connectivity index (χ0n) is 9.45. The number of aromatic nitrogens is 5. The molecule has 3 rings (SSSR count). The van der Waals surface area contributed by atoms with Gasteiger partial charge in [0.15, 0.2) is 0 Å². The predicted octanol–water partition coefficient (Wildman–Crippen LogP) is 0.557. The molecule has 0 aromatic carbocycles. The lowest BCUT2D eigenvalue weighted by Gasteiger charge is -2.04. The molecule has 1 aliphatic carbocycles. The van der Waals surface area contributed by atoms with Crippen LogP contribution >= 0.6 is 0 Å². The Morgan fingerprint density at radius 2 is 2.06 bits per heavy atom. The Bertz CT molecular complexity index is 476. The molecule has 0 atom stereocenters. The van der Waals surface area contributed by atoms with Crippen molar-refractivity contribution < 1.29 is 0 Å². The van der Waals surface area contributed by atoms with Crippen LogP contribution in [0.2, 0.25) is 0 Å². The minimum atomic E-state index is 0.563. The lowest BCUT2D eigenvalue weighted by atomic mass is 10.4. The molecule has 2 aromatic rings. The smallest absolute Gasteiger partial charge is 0.252 e. The molecule has 1 N–H and O–H groups in total. The zero-order valence-corrected chi connectivity index (χ0v) is 9.45. The van der Waals surface area contributed by atoms with E-state index in [9.17, 15) is 0 Å². The van der Waals surface area contributed by atoms with Crippen molar-refractivity contribution in [2.24, 2.45) is 5.92 Å². The number of hydrogen-bond donors (Lipinski definition) is 1. The van der Waals surface area contributed by atoms with E-state index in [1.807, 2.05) is 0 Å². The first-order valence-electron chi connectivity index (χ1n) is 5.80. The van der Waals surface area contributed by atoms with Crippen LogP contribution in [0, 0.1) is 5.92 Å². The molecule has 2 aromatic heterocycles. The molecule has 0 saturated heterocycles. The van der Waals surface area contributed by atoms with E-state index in [0.29, 0.717) is 12.5 Å². The molecule has 0 amide bonds. The maximum atomic E-state index is 4.22. The maximum Gasteiger partial charge on any atom is 0.252 e. The van der Waals surface area contributed by atoms with Gasteiger partial charge in [0, 0.05) is 12.4 Å². The van der Waals surface area contributed by atoms with Crippen LogP contribution in [-0.2, 0) is 6.54 Å². The summed E-state index contributed by atoms with van der Waals surface area (Å²) in [5, 5.41) is 7.52. The Hall–Kier alpha value is -1.82. The Morgan fingerprint density at radius 1 is 1.24 bits per heavy atom. The largest absolute Gasteiger partial charge is 0.310 e. The molecule has 2 heterocycles. The molecule has 0 bridgehead atoms. The first-order valence-corrected chi connectivity index (χ1v) is 5.80. The van der Waals surface area contributed by atoms with Crippen molar-refractivity contribution in [3.8, 4) is 5.95 Å². The van der Waals surface area contributed by atoms with E-state index in [-0.39, 0.29) is 0 Å². The Labute approximate surface area is 99.1 Å². The van der Waals surface area contributed by atoms with Gasteiger partial charge in [0.25, 0.3) is 5.95 Å². The van der Waals surface area contributed by atoms with E-state index in [2.05, 4.69) is 25.4 Å². The molecule has 0 unspecified atom stereocenters. The van der Waals surface area contributed by atoms with Crippen LogP contribution in [0.15, 0.2) is 24.8 Å². The second-order valence-electron chi connectivity index (χ2n) is 4.21. The predicted molar refractivity (Wildman–Crippen MR) is 61.4 cm³/mol. The van der Waals surface area contributed by atoms with Crippen molar-refractivity contribution in [2.75, 3.05) is 6.54 Å². The number of nitrogens with one attached hydrogen (secondary N) is 1. The number of nitrogens with zero attached hydrogens (tertiary/aromatic N) is 5. The topological polar surface area (TPSA) is 68.5 Å². The van der Waals surface area contributed by atoms with Gasteiger partial charge in [-0.05, 0) is 31.4 Å². The summed E-state index contributed by atoms with van der Waals surface area (Å²) in [7, 11) is 0. The van der Waals surface area contributed by atoms with E-state index >= 15 is 0 Å². The van der Waals surface area contributed by atoms with E-state index in [1.54, 1.807) is 23.1 Å². The van der Waals surface area contributed by atoms with Crippen LogP contribution < -0.4 is 5.32 Å².